The number of likely N-dealkylation sites (tertiary alicyclic amines) is 2. The maximum absolute atomic E-state index is 13.1. The molecule has 4 aromatic rings. The highest BCUT2D eigenvalue weighted by molar-refractivity contribution is 5.86. The van der Waals surface area contributed by atoms with Crippen LogP contribution in [-0.4, -0.2) is 91.7 Å². The van der Waals surface area contributed by atoms with Gasteiger partial charge in [-0.3, -0.25) is 9.69 Å². The zero-order valence-electron chi connectivity index (χ0n) is 23.6. The van der Waals surface area contributed by atoms with Gasteiger partial charge in [-0.15, -0.1) is 10.2 Å². The highest BCUT2D eigenvalue weighted by Gasteiger charge is 2.36. The van der Waals surface area contributed by atoms with Crippen LogP contribution in [0.25, 0.3) is 22.3 Å². The number of carbonyl (C=O) groups is 1. The van der Waals surface area contributed by atoms with Crippen LogP contribution in [0, 0.1) is 12.8 Å². The Morgan fingerprint density at radius 1 is 1.20 bits per heavy atom. The molecule has 6 rings (SSSR count). The number of nitrogens with one attached hydrogen (secondary N) is 1. The van der Waals surface area contributed by atoms with Crippen LogP contribution in [0.1, 0.15) is 49.1 Å². The molecule has 216 valence electrons. The number of aliphatic hydroxyl groups excluding tert-OH is 1. The number of benzene rings is 1. The summed E-state index contributed by atoms with van der Waals surface area (Å²) in [4.78, 5) is 20.5. The molecule has 0 saturated carbocycles. The quantitative estimate of drug-likeness (QED) is 0.281. The molecule has 2 fully saturated rings. The fourth-order valence-electron chi connectivity index (χ4n) is 6.06. The Kier molecular flexibility index (Phi) is 7.39. The van der Waals surface area contributed by atoms with Crippen LogP contribution in [0.3, 0.4) is 0 Å². The number of carbonyl (C=O) groups excluding carboxylic acids is 1. The molecule has 0 spiro atoms. The number of nitrogens with zero attached hydrogens (tertiary/aromatic N) is 5. The number of aryl methyl sites for hydroxylation is 1. The van der Waals surface area contributed by atoms with Crippen molar-refractivity contribution in [3.05, 3.63) is 53.4 Å². The van der Waals surface area contributed by atoms with Crippen molar-refractivity contribution in [3.63, 3.8) is 0 Å². The first-order chi connectivity index (χ1) is 19.8. The van der Waals surface area contributed by atoms with Crippen LogP contribution in [-0.2, 0) is 4.79 Å². The number of β-amino-alcohol motifs (C(OH)–C–C–N with tert-alkyl or cyclic N) is 1. The Balaban J connectivity index is 1.05. The number of H-pyrrole nitrogens is 1. The van der Waals surface area contributed by atoms with E-state index in [-0.39, 0.29) is 17.6 Å². The van der Waals surface area contributed by atoms with Gasteiger partial charge in [-0.1, -0.05) is 26.0 Å². The number of hydrogen-bond donors (Lipinski definition) is 3. The highest BCUT2D eigenvalue weighted by Crippen LogP contribution is 2.37. The van der Waals surface area contributed by atoms with Gasteiger partial charge in [-0.05, 0) is 48.2 Å². The maximum Gasteiger partial charge on any atom is 0.254 e. The monoisotopic (exact) mass is 560 g/mol. The normalized spacial score (nSPS) is 18.8. The number of amides is 1. The molecule has 2 saturated heterocycles. The molecular formula is C30H36N6O5. The average Bonchev–Trinajstić information content (AvgIpc) is 3.64. The summed E-state index contributed by atoms with van der Waals surface area (Å²) >= 11 is 0. The molecule has 11 heteroatoms. The summed E-state index contributed by atoms with van der Waals surface area (Å²) in [6, 6.07) is 10.9. The van der Waals surface area contributed by atoms with Crippen LogP contribution in [0.4, 0.5) is 0 Å². The summed E-state index contributed by atoms with van der Waals surface area (Å²) in [6.07, 6.45) is 0.141. The number of phenolic OH excluding ortho intramolecular Hbond substituents is 1. The lowest BCUT2D eigenvalue weighted by Crippen LogP contribution is -2.46. The van der Waals surface area contributed by atoms with Crippen molar-refractivity contribution in [3.8, 4) is 22.9 Å². The number of aromatic amines is 1. The molecular weight excluding hydrogens is 524 g/mol. The van der Waals surface area contributed by atoms with Gasteiger partial charge in [0.1, 0.15) is 18.3 Å². The Morgan fingerprint density at radius 3 is 2.73 bits per heavy atom. The Bertz CT molecular complexity index is 1540. The number of aromatic hydroxyl groups is 1. The number of aliphatic hydroxyl groups is 1. The minimum Gasteiger partial charge on any atom is -0.507 e. The van der Waals surface area contributed by atoms with E-state index >= 15 is 0 Å². The van der Waals surface area contributed by atoms with Crippen LogP contribution in [0.5, 0.6) is 11.6 Å². The first kappa shape index (κ1) is 27.2. The van der Waals surface area contributed by atoms with E-state index in [0.717, 1.165) is 36.4 Å². The number of aromatic nitrogens is 4. The minimum absolute atomic E-state index is 0.0208. The van der Waals surface area contributed by atoms with Crippen molar-refractivity contribution in [1.82, 2.24) is 30.1 Å². The molecule has 0 unspecified atom stereocenters. The predicted octanol–water partition coefficient (Wildman–Crippen LogP) is 3.44. The average molecular weight is 561 g/mol. The maximum atomic E-state index is 13.1. The van der Waals surface area contributed by atoms with E-state index in [4.69, 9.17) is 9.26 Å². The predicted molar refractivity (Wildman–Crippen MR) is 152 cm³/mol. The zero-order valence-corrected chi connectivity index (χ0v) is 23.6. The number of ether oxygens (including phenoxy) is 1. The molecule has 1 aromatic carbocycles. The molecule has 2 aliphatic heterocycles. The summed E-state index contributed by atoms with van der Waals surface area (Å²) in [5, 5.41) is 33.9. The number of rotatable bonds is 9. The van der Waals surface area contributed by atoms with Crippen molar-refractivity contribution in [2.75, 3.05) is 39.3 Å². The Morgan fingerprint density at radius 2 is 2.00 bits per heavy atom. The van der Waals surface area contributed by atoms with Crippen molar-refractivity contribution < 1.29 is 24.3 Å². The van der Waals surface area contributed by atoms with Gasteiger partial charge in [0, 0.05) is 61.4 Å². The van der Waals surface area contributed by atoms with Crippen LogP contribution < -0.4 is 4.74 Å². The van der Waals surface area contributed by atoms with Gasteiger partial charge < -0.3 is 29.4 Å². The second-order valence-corrected chi connectivity index (χ2v) is 11.5. The first-order valence-electron chi connectivity index (χ1n) is 14.2. The lowest BCUT2D eigenvalue weighted by Gasteiger charge is -2.39. The van der Waals surface area contributed by atoms with E-state index in [1.54, 1.807) is 23.1 Å². The molecule has 41 heavy (non-hydrogen) atoms. The Hall–Kier alpha value is -3.96. The van der Waals surface area contributed by atoms with Crippen LogP contribution >= 0.6 is 0 Å². The Labute approximate surface area is 238 Å². The molecule has 2 aliphatic rings. The van der Waals surface area contributed by atoms with Gasteiger partial charge in [0.05, 0.1) is 11.8 Å². The topological polar surface area (TPSA) is 141 Å². The molecule has 3 aromatic heterocycles. The molecule has 2 atom stereocenters. The van der Waals surface area contributed by atoms with Gasteiger partial charge in [-0.25, -0.2) is 0 Å². The van der Waals surface area contributed by atoms with Crippen molar-refractivity contribution in [2.45, 2.75) is 45.1 Å². The van der Waals surface area contributed by atoms with Gasteiger partial charge in [0.2, 0.25) is 5.91 Å². The van der Waals surface area contributed by atoms with Crippen LogP contribution in [0.2, 0.25) is 0 Å². The standard InChI is InChI=1S/C30H36N6O5/c1-17(2)27(30(39)36-9-8-20(37)16-36)25-13-26(34-41-25)40-11-10-35-14-19(15-35)28-18(3)31-29-22(28)12-23(32-33-29)21-6-4-5-7-24(21)38/h4-7,12-13,17,19-20,27,37-38H,8-11,14-16H2,1-3H3,(H,31,33)/t20-,27-/m1/s1. The van der Waals surface area contributed by atoms with Gasteiger partial charge in [0.25, 0.3) is 5.88 Å². The third-order valence-corrected chi connectivity index (χ3v) is 8.22. The lowest BCUT2D eigenvalue weighted by atomic mass is 9.89. The molecule has 11 nitrogen and oxygen atoms in total. The van der Waals surface area contributed by atoms with Gasteiger partial charge >= 0.3 is 0 Å². The number of phenols is 1. The van der Waals surface area contributed by atoms with E-state index < -0.39 is 12.0 Å². The van der Waals surface area contributed by atoms with E-state index in [9.17, 15) is 15.0 Å². The van der Waals surface area contributed by atoms with E-state index in [2.05, 4.69) is 32.2 Å². The molecule has 0 bridgehead atoms. The van der Waals surface area contributed by atoms with E-state index in [1.807, 2.05) is 32.0 Å². The summed E-state index contributed by atoms with van der Waals surface area (Å²) in [5.41, 5.74) is 4.37. The summed E-state index contributed by atoms with van der Waals surface area (Å²) in [5.74, 6) is 0.917. The fraction of sp³-hybridized carbons (Fsp3) is 0.467. The SMILES string of the molecule is Cc1[nH]c2nnc(-c3ccccc3O)cc2c1C1CN(CCOc2cc([C@H](C(=O)N3CC[C@@H](O)C3)C(C)C)on2)C1. The zero-order chi connectivity index (χ0) is 28.7. The smallest absolute Gasteiger partial charge is 0.254 e. The third-order valence-electron chi connectivity index (χ3n) is 8.22. The molecule has 3 N–H and O–H groups in total. The largest absolute Gasteiger partial charge is 0.507 e. The lowest BCUT2D eigenvalue weighted by molar-refractivity contribution is -0.133. The van der Waals surface area contributed by atoms with Crippen molar-refractivity contribution in [2.24, 2.45) is 5.92 Å². The van der Waals surface area contributed by atoms with E-state index in [0.29, 0.717) is 54.9 Å². The van der Waals surface area contributed by atoms with Gasteiger partial charge in [0.15, 0.2) is 11.4 Å². The molecule has 1 amide bonds. The van der Waals surface area contributed by atoms with Crippen molar-refractivity contribution >= 4 is 16.9 Å². The van der Waals surface area contributed by atoms with Crippen LogP contribution in [0.15, 0.2) is 40.9 Å². The number of fused-ring (bicyclic) bond motifs is 1. The highest BCUT2D eigenvalue weighted by atomic mass is 16.5. The number of para-hydroxylation sites is 1. The third kappa shape index (κ3) is 5.39. The van der Waals surface area contributed by atoms with E-state index in [1.165, 1.54) is 5.56 Å². The summed E-state index contributed by atoms with van der Waals surface area (Å²) in [6.45, 7) is 9.90. The minimum atomic E-state index is -0.462. The second-order valence-electron chi connectivity index (χ2n) is 11.5. The van der Waals surface area contributed by atoms with Gasteiger partial charge in [-0.2, -0.15) is 0 Å². The fourth-order valence-corrected chi connectivity index (χ4v) is 6.06. The van der Waals surface area contributed by atoms with Crippen molar-refractivity contribution in [1.29, 1.82) is 0 Å². The number of hydrogen-bond acceptors (Lipinski definition) is 9. The first-order valence-corrected chi connectivity index (χ1v) is 14.2. The second kappa shape index (κ2) is 11.1. The summed E-state index contributed by atoms with van der Waals surface area (Å²) in [7, 11) is 0. The molecule has 0 radical (unpaired) electrons. The molecule has 0 aliphatic carbocycles. The molecule has 5 heterocycles. The summed E-state index contributed by atoms with van der Waals surface area (Å²) < 4.78 is 11.4.